The number of halogens is 2. The first-order valence-corrected chi connectivity index (χ1v) is 9.15. The molecular weight excluding hydrogens is 335 g/mol. The Bertz CT molecular complexity index is 931. The number of rotatable bonds is 3. The first kappa shape index (κ1) is 16.6. The monoisotopic (exact) mass is 356 g/mol. The number of likely N-dealkylation sites (N-methyl/N-ethyl adjacent to an activating group) is 1. The zero-order chi connectivity index (χ0) is 17.6. The lowest BCUT2D eigenvalue weighted by Gasteiger charge is -2.31. The van der Waals surface area contributed by atoms with Gasteiger partial charge in [0.25, 0.3) is 0 Å². The Labute approximate surface area is 152 Å². The topological polar surface area (TPSA) is 8.17 Å². The first-order valence-electron chi connectivity index (χ1n) is 8.77. The average Bonchev–Trinajstić information content (AvgIpc) is 2.88. The molecule has 1 aliphatic heterocycles. The van der Waals surface area contributed by atoms with Crippen LogP contribution >= 0.6 is 11.6 Å². The minimum Gasteiger partial charge on any atom is -0.343 e. The van der Waals surface area contributed by atoms with Gasteiger partial charge in [0.2, 0.25) is 0 Å². The van der Waals surface area contributed by atoms with Gasteiger partial charge >= 0.3 is 0 Å². The zero-order valence-electron chi connectivity index (χ0n) is 14.6. The molecule has 25 heavy (non-hydrogen) atoms. The molecule has 1 atom stereocenters. The second-order valence-corrected chi connectivity index (χ2v) is 7.47. The molecule has 0 fully saturated rings. The number of hydrogen-bond donors (Lipinski definition) is 0. The molecule has 4 rings (SSSR count). The summed E-state index contributed by atoms with van der Waals surface area (Å²) in [7, 11) is 2.17. The van der Waals surface area contributed by atoms with Gasteiger partial charge in [0.05, 0.1) is 10.5 Å². The van der Waals surface area contributed by atoms with Gasteiger partial charge in [-0.3, -0.25) is 4.90 Å². The van der Waals surface area contributed by atoms with Crippen molar-refractivity contribution in [1.29, 1.82) is 0 Å². The quantitative estimate of drug-likeness (QED) is 0.637. The van der Waals surface area contributed by atoms with E-state index >= 15 is 0 Å². The molecule has 0 bridgehead atoms. The van der Waals surface area contributed by atoms with Gasteiger partial charge in [0.1, 0.15) is 5.82 Å². The molecule has 0 radical (unpaired) electrons. The lowest BCUT2D eigenvalue weighted by molar-refractivity contribution is 0.228. The van der Waals surface area contributed by atoms with E-state index in [1.54, 1.807) is 12.1 Å². The summed E-state index contributed by atoms with van der Waals surface area (Å²) >= 11 is 6.57. The van der Waals surface area contributed by atoms with Gasteiger partial charge < -0.3 is 4.57 Å². The molecule has 0 amide bonds. The summed E-state index contributed by atoms with van der Waals surface area (Å²) in [5.41, 5.74) is 4.90. The molecule has 4 heteroatoms. The number of hydrogen-bond acceptors (Lipinski definition) is 1. The van der Waals surface area contributed by atoms with Gasteiger partial charge in [-0.15, -0.1) is 0 Å². The fraction of sp³-hybridized carbons (Fsp3) is 0.333. The van der Waals surface area contributed by atoms with Crippen molar-refractivity contribution in [3.63, 3.8) is 0 Å². The minimum atomic E-state index is -0.176. The van der Waals surface area contributed by atoms with Crippen molar-refractivity contribution in [3.8, 4) is 0 Å². The van der Waals surface area contributed by atoms with Crippen LogP contribution in [-0.4, -0.2) is 22.6 Å². The van der Waals surface area contributed by atoms with E-state index in [1.807, 2.05) is 18.2 Å². The van der Waals surface area contributed by atoms with E-state index in [2.05, 4.69) is 29.5 Å². The smallest absolute Gasteiger partial charge is 0.123 e. The summed E-state index contributed by atoms with van der Waals surface area (Å²) in [5.74, 6) is -0.176. The van der Waals surface area contributed by atoms with Crippen LogP contribution in [0.15, 0.2) is 42.5 Å². The number of aryl methyl sites for hydroxylation is 2. The van der Waals surface area contributed by atoms with E-state index in [1.165, 1.54) is 22.7 Å². The summed E-state index contributed by atoms with van der Waals surface area (Å²) in [6.07, 6.45) is 1.81. The Morgan fingerprint density at radius 3 is 2.80 bits per heavy atom. The Morgan fingerprint density at radius 2 is 2.00 bits per heavy atom. The maximum atomic E-state index is 13.5. The van der Waals surface area contributed by atoms with Crippen molar-refractivity contribution in [3.05, 3.63) is 70.1 Å². The number of nitrogens with zero attached hydrogens (tertiary/aromatic N) is 2. The molecule has 0 saturated carbocycles. The molecule has 3 aromatic rings. The second-order valence-electron chi connectivity index (χ2n) is 7.06. The number of fused-ring (bicyclic) bond motifs is 3. The normalized spacial score (nSPS) is 17.8. The molecule has 130 valence electrons. The third-order valence-corrected chi connectivity index (χ3v) is 5.72. The highest BCUT2D eigenvalue weighted by molar-refractivity contribution is 6.35. The van der Waals surface area contributed by atoms with Crippen LogP contribution in [0, 0.1) is 5.82 Å². The molecule has 0 aliphatic carbocycles. The van der Waals surface area contributed by atoms with E-state index < -0.39 is 0 Å². The highest BCUT2D eigenvalue weighted by atomic mass is 35.5. The van der Waals surface area contributed by atoms with Crippen LogP contribution in [-0.2, 0) is 25.9 Å². The van der Waals surface area contributed by atoms with Gasteiger partial charge in [0.15, 0.2) is 0 Å². The molecule has 2 aromatic carbocycles. The minimum absolute atomic E-state index is 0.176. The number of aromatic nitrogens is 1. The Morgan fingerprint density at radius 1 is 1.20 bits per heavy atom. The van der Waals surface area contributed by atoms with E-state index in [0.29, 0.717) is 6.04 Å². The molecule has 1 aliphatic rings. The predicted molar refractivity (Wildman–Crippen MR) is 102 cm³/mol. The standard InChI is InChI=1S/C21H22ClFN2/c1-14-11-20-18(13-24(14)2)17-7-4-8-19(22)21(17)25(20)10-9-15-5-3-6-16(23)12-15/h3-8,12,14H,9-11,13H2,1-2H3. The molecule has 0 saturated heterocycles. The van der Waals surface area contributed by atoms with Crippen LogP contribution in [0.4, 0.5) is 4.39 Å². The van der Waals surface area contributed by atoms with Gasteiger partial charge in [-0.05, 0) is 49.7 Å². The zero-order valence-corrected chi connectivity index (χ0v) is 15.4. The molecule has 1 aromatic heterocycles. The SMILES string of the molecule is CC1Cc2c(c3cccc(Cl)c3n2CCc2cccc(F)c2)CN1C. The molecule has 2 nitrogen and oxygen atoms in total. The van der Waals surface area contributed by atoms with Crippen molar-refractivity contribution < 1.29 is 4.39 Å². The highest BCUT2D eigenvalue weighted by Crippen LogP contribution is 2.36. The molecule has 0 spiro atoms. The summed E-state index contributed by atoms with van der Waals surface area (Å²) in [6, 6.07) is 13.5. The maximum absolute atomic E-state index is 13.5. The Hall–Kier alpha value is -1.84. The van der Waals surface area contributed by atoms with Gasteiger partial charge in [0, 0.05) is 36.6 Å². The average molecular weight is 357 g/mol. The van der Waals surface area contributed by atoms with Crippen LogP contribution in [0.5, 0.6) is 0 Å². The lowest BCUT2D eigenvalue weighted by atomic mass is 10.00. The molecule has 2 heterocycles. The highest BCUT2D eigenvalue weighted by Gasteiger charge is 2.27. The second kappa shape index (κ2) is 6.47. The van der Waals surface area contributed by atoms with Crippen molar-refractivity contribution in [2.45, 2.75) is 38.9 Å². The van der Waals surface area contributed by atoms with Crippen LogP contribution in [0.2, 0.25) is 5.02 Å². The third-order valence-electron chi connectivity index (χ3n) is 5.42. The van der Waals surface area contributed by atoms with Crippen molar-refractivity contribution >= 4 is 22.5 Å². The molecule has 0 N–H and O–H groups in total. The lowest BCUT2D eigenvalue weighted by Crippen LogP contribution is -2.35. The fourth-order valence-corrected chi connectivity index (χ4v) is 4.19. The van der Waals surface area contributed by atoms with Gasteiger partial charge in [-0.25, -0.2) is 4.39 Å². The van der Waals surface area contributed by atoms with Crippen LogP contribution in [0.25, 0.3) is 10.9 Å². The molecular formula is C21H22ClFN2. The van der Waals surface area contributed by atoms with Crippen LogP contribution in [0.3, 0.4) is 0 Å². The first-order chi connectivity index (χ1) is 12.0. The summed E-state index contributed by atoms with van der Waals surface area (Å²) in [5, 5.41) is 2.04. The number of benzene rings is 2. The third kappa shape index (κ3) is 2.96. The van der Waals surface area contributed by atoms with E-state index in [9.17, 15) is 4.39 Å². The molecule has 1 unspecified atom stereocenters. The van der Waals surface area contributed by atoms with Gasteiger partial charge in [-0.2, -0.15) is 0 Å². The van der Waals surface area contributed by atoms with Gasteiger partial charge in [-0.1, -0.05) is 35.9 Å². The fourth-order valence-electron chi connectivity index (χ4n) is 3.92. The van der Waals surface area contributed by atoms with Crippen molar-refractivity contribution in [2.75, 3.05) is 7.05 Å². The summed E-state index contributed by atoms with van der Waals surface area (Å²) in [4.78, 5) is 2.39. The predicted octanol–water partition coefficient (Wildman–Crippen LogP) is 5.05. The van der Waals surface area contributed by atoms with Crippen LogP contribution < -0.4 is 0 Å². The van der Waals surface area contributed by atoms with Crippen molar-refractivity contribution in [1.82, 2.24) is 9.47 Å². The Balaban J connectivity index is 1.78. The van der Waals surface area contributed by atoms with Crippen LogP contribution in [0.1, 0.15) is 23.7 Å². The van der Waals surface area contributed by atoms with E-state index in [4.69, 9.17) is 11.6 Å². The summed E-state index contributed by atoms with van der Waals surface area (Å²) < 4.78 is 15.8. The van der Waals surface area contributed by atoms with Crippen molar-refractivity contribution in [2.24, 2.45) is 0 Å². The largest absolute Gasteiger partial charge is 0.343 e. The maximum Gasteiger partial charge on any atom is 0.123 e. The number of para-hydroxylation sites is 1. The Kier molecular flexibility index (Phi) is 4.30. The van der Waals surface area contributed by atoms with E-state index in [0.717, 1.165) is 42.0 Å². The van der Waals surface area contributed by atoms with E-state index in [-0.39, 0.29) is 5.82 Å². The summed E-state index contributed by atoms with van der Waals surface area (Å²) in [6.45, 7) is 4.02.